The molecule has 3 aromatic rings. The lowest BCUT2D eigenvalue weighted by atomic mass is 10.0. The molecule has 1 saturated heterocycles. The number of nitrogens with zero attached hydrogens (tertiary/aromatic N) is 1. The fraction of sp³-hybridized carbons (Fsp3) is 0.333. The number of carbonyl (C=O) groups excluding carboxylic acids is 2. The number of rotatable bonds is 10. The third-order valence-electron chi connectivity index (χ3n) is 6.69. The van der Waals surface area contributed by atoms with Crippen LogP contribution in [0.3, 0.4) is 0 Å². The van der Waals surface area contributed by atoms with Crippen molar-refractivity contribution in [2.45, 2.75) is 45.2 Å². The topological polar surface area (TPSA) is 90.9 Å². The molecule has 1 fully saturated rings. The summed E-state index contributed by atoms with van der Waals surface area (Å²) in [5.74, 6) is 0.782. The Labute approximate surface area is 218 Å². The maximum Gasteiger partial charge on any atom is 0.253 e. The second-order valence-corrected chi connectivity index (χ2v) is 9.55. The van der Waals surface area contributed by atoms with E-state index in [2.05, 4.69) is 10.6 Å². The first-order valence-electron chi connectivity index (χ1n) is 12.8. The van der Waals surface area contributed by atoms with E-state index in [1.165, 1.54) is 0 Å². The molecule has 7 heteroatoms. The van der Waals surface area contributed by atoms with Crippen molar-refractivity contribution in [2.75, 3.05) is 25.5 Å². The molecule has 0 aliphatic carbocycles. The number of phenolic OH excluding ortho intramolecular Hbond substituents is 1. The monoisotopic (exact) mass is 501 g/mol. The van der Waals surface area contributed by atoms with Gasteiger partial charge in [0, 0.05) is 36.8 Å². The number of methoxy groups -OCH3 is 1. The van der Waals surface area contributed by atoms with Crippen LogP contribution in [0.5, 0.6) is 11.5 Å². The number of nitrogens with one attached hydrogen (secondary N) is 2. The van der Waals surface area contributed by atoms with E-state index in [0.717, 1.165) is 42.8 Å². The van der Waals surface area contributed by atoms with Gasteiger partial charge in [0.1, 0.15) is 11.5 Å². The van der Waals surface area contributed by atoms with Gasteiger partial charge in [0.15, 0.2) is 0 Å². The molecule has 1 heterocycles. The van der Waals surface area contributed by atoms with Crippen LogP contribution in [0.1, 0.15) is 58.0 Å². The molecule has 1 atom stereocenters. The first-order chi connectivity index (χ1) is 17.9. The number of phenols is 1. The number of ether oxygens (including phenoxy) is 1. The molecule has 3 N–H and O–H groups in total. The fourth-order valence-electron chi connectivity index (χ4n) is 4.52. The first-order valence-corrected chi connectivity index (χ1v) is 12.8. The van der Waals surface area contributed by atoms with E-state index < -0.39 is 0 Å². The number of amides is 2. The predicted molar refractivity (Wildman–Crippen MR) is 145 cm³/mol. The van der Waals surface area contributed by atoms with Crippen molar-refractivity contribution in [3.05, 3.63) is 89.0 Å². The van der Waals surface area contributed by atoms with E-state index in [9.17, 15) is 14.7 Å². The van der Waals surface area contributed by atoms with E-state index in [1.807, 2.05) is 48.2 Å². The summed E-state index contributed by atoms with van der Waals surface area (Å²) < 4.78 is 5.26. The first kappa shape index (κ1) is 26.1. The lowest BCUT2D eigenvalue weighted by Crippen LogP contribution is -2.33. The molecule has 0 unspecified atom stereocenters. The van der Waals surface area contributed by atoms with Crippen molar-refractivity contribution in [1.82, 2.24) is 10.2 Å². The van der Waals surface area contributed by atoms with Gasteiger partial charge in [0.05, 0.1) is 12.8 Å². The Balaban J connectivity index is 1.27. The third kappa shape index (κ3) is 7.03. The zero-order valence-corrected chi connectivity index (χ0v) is 21.5. The van der Waals surface area contributed by atoms with Crippen molar-refractivity contribution in [1.29, 1.82) is 0 Å². The molecule has 0 aromatic heterocycles. The lowest BCUT2D eigenvalue weighted by molar-refractivity contribution is 0.0793. The average molecular weight is 502 g/mol. The largest absolute Gasteiger partial charge is 0.506 e. The van der Waals surface area contributed by atoms with Gasteiger partial charge in [-0.05, 0) is 86.2 Å². The second-order valence-electron chi connectivity index (χ2n) is 9.55. The molecule has 194 valence electrons. The minimum absolute atomic E-state index is 0.0126. The summed E-state index contributed by atoms with van der Waals surface area (Å²) in [4.78, 5) is 27.3. The molecular formula is C30H35N3O4. The molecule has 37 heavy (non-hydrogen) atoms. The van der Waals surface area contributed by atoms with Gasteiger partial charge in [-0.3, -0.25) is 9.59 Å². The van der Waals surface area contributed by atoms with E-state index in [1.54, 1.807) is 37.4 Å². The highest BCUT2D eigenvalue weighted by molar-refractivity contribution is 5.99. The molecule has 1 aliphatic rings. The molecule has 3 aromatic carbocycles. The molecule has 1 aliphatic heterocycles. The van der Waals surface area contributed by atoms with Gasteiger partial charge in [-0.25, -0.2) is 0 Å². The van der Waals surface area contributed by atoms with Crippen molar-refractivity contribution in [3.63, 3.8) is 0 Å². The molecule has 0 saturated carbocycles. The van der Waals surface area contributed by atoms with Crippen LogP contribution >= 0.6 is 0 Å². The summed E-state index contributed by atoms with van der Waals surface area (Å²) in [7, 11) is 1.64. The van der Waals surface area contributed by atoms with Crippen molar-refractivity contribution < 1.29 is 19.4 Å². The highest BCUT2D eigenvalue weighted by Gasteiger charge is 2.20. The van der Waals surface area contributed by atoms with E-state index >= 15 is 0 Å². The zero-order valence-electron chi connectivity index (χ0n) is 21.5. The van der Waals surface area contributed by atoms with Crippen LogP contribution in [0.15, 0.2) is 66.7 Å². The minimum Gasteiger partial charge on any atom is -0.506 e. The number of hydrogen-bond donors (Lipinski definition) is 3. The van der Waals surface area contributed by atoms with Crippen molar-refractivity contribution in [3.8, 4) is 11.5 Å². The highest BCUT2D eigenvalue weighted by Crippen LogP contribution is 2.26. The maximum atomic E-state index is 12.8. The maximum absolute atomic E-state index is 12.8. The van der Waals surface area contributed by atoms with Crippen molar-refractivity contribution >= 4 is 17.5 Å². The number of likely N-dealkylation sites (tertiary alicyclic amines) is 1. The SMILES string of the molecule is COc1cccc(CNc2ccc(CC[C@H](C)NC(=O)c3cccc(C(=O)N4CCCC4)c3)cc2O)c1. The Kier molecular flexibility index (Phi) is 8.67. The number of anilines is 1. The average Bonchev–Trinajstić information content (AvgIpc) is 3.46. The van der Waals surface area contributed by atoms with Gasteiger partial charge in [-0.1, -0.05) is 24.3 Å². The Morgan fingerprint density at radius 1 is 0.973 bits per heavy atom. The van der Waals surface area contributed by atoms with Crippen LogP contribution in [0, 0.1) is 0 Å². The van der Waals surface area contributed by atoms with E-state index in [4.69, 9.17) is 4.74 Å². The number of benzene rings is 3. The Hall–Kier alpha value is -4.00. The van der Waals surface area contributed by atoms with Gasteiger partial charge in [-0.2, -0.15) is 0 Å². The highest BCUT2D eigenvalue weighted by atomic mass is 16.5. The summed E-state index contributed by atoms with van der Waals surface area (Å²) >= 11 is 0. The van der Waals surface area contributed by atoms with Gasteiger partial charge in [-0.15, -0.1) is 0 Å². The van der Waals surface area contributed by atoms with Crippen LogP contribution in [-0.2, 0) is 13.0 Å². The number of aryl methyl sites for hydroxylation is 1. The fourth-order valence-corrected chi connectivity index (χ4v) is 4.52. The summed E-state index contributed by atoms with van der Waals surface area (Å²) in [6.45, 7) is 4.08. The van der Waals surface area contributed by atoms with Crippen LogP contribution < -0.4 is 15.4 Å². The minimum atomic E-state index is -0.191. The smallest absolute Gasteiger partial charge is 0.253 e. The lowest BCUT2D eigenvalue weighted by Gasteiger charge is -2.17. The van der Waals surface area contributed by atoms with Crippen LogP contribution in [-0.4, -0.2) is 48.1 Å². The Morgan fingerprint density at radius 2 is 1.73 bits per heavy atom. The quantitative estimate of drug-likeness (QED) is 0.340. The summed E-state index contributed by atoms with van der Waals surface area (Å²) in [6, 6.07) is 20.3. The van der Waals surface area contributed by atoms with Gasteiger partial charge in [0.2, 0.25) is 0 Å². The molecule has 0 radical (unpaired) electrons. The van der Waals surface area contributed by atoms with E-state index in [0.29, 0.717) is 36.2 Å². The van der Waals surface area contributed by atoms with Crippen LogP contribution in [0.2, 0.25) is 0 Å². The van der Waals surface area contributed by atoms with Crippen LogP contribution in [0.25, 0.3) is 0 Å². The van der Waals surface area contributed by atoms with Gasteiger partial charge in [0.25, 0.3) is 11.8 Å². The summed E-state index contributed by atoms with van der Waals surface area (Å²) in [5.41, 5.74) is 3.75. The Morgan fingerprint density at radius 3 is 2.49 bits per heavy atom. The predicted octanol–water partition coefficient (Wildman–Crippen LogP) is 5.00. The number of carbonyl (C=O) groups is 2. The second kappa shape index (κ2) is 12.3. The molecule has 2 amide bonds. The molecule has 4 rings (SSSR count). The number of aromatic hydroxyl groups is 1. The van der Waals surface area contributed by atoms with Gasteiger partial charge >= 0.3 is 0 Å². The summed E-state index contributed by atoms with van der Waals surface area (Å²) in [5, 5.41) is 16.8. The Bertz CT molecular complexity index is 1240. The van der Waals surface area contributed by atoms with E-state index in [-0.39, 0.29) is 23.6 Å². The standard InChI is InChI=1S/C30H35N3O4/c1-21(32-29(35)24-8-6-9-25(19-24)30(36)33-15-3-4-16-33)11-12-22-13-14-27(28(34)18-22)31-20-23-7-5-10-26(17-23)37-2/h5-10,13-14,17-19,21,31,34H,3-4,11-12,15-16,20H2,1-2H3,(H,32,35)/t21-/m0/s1. The third-order valence-corrected chi connectivity index (χ3v) is 6.69. The molecule has 0 spiro atoms. The molecule has 7 nitrogen and oxygen atoms in total. The summed E-state index contributed by atoms with van der Waals surface area (Å²) in [6.07, 6.45) is 3.49. The molecule has 0 bridgehead atoms. The van der Waals surface area contributed by atoms with Crippen LogP contribution in [0.4, 0.5) is 5.69 Å². The van der Waals surface area contributed by atoms with Gasteiger partial charge < -0.3 is 25.4 Å². The van der Waals surface area contributed by atoms with Crippen molar-refractivity contribution in [2.24, 2.45) is 0 Å². The zero-order chi connectivity index (χ0) is 26.2. The number of hydrogen-bond acceptors (Lipinski definition) is 5. The molecular weight excluding hydrogens is 466 g/mol. The normalized spacial score (nSPS) is 13.7.